The summed E-state index contributed by atoms with van der Waals surface area (Å²) in [5.74, 6) is 0. The predicted octanol–water partition coefficient (Wildman–Crippen LogP) is 4.11. The van der Waals surface area contributed by atoms with Gasteiger partial charge in [-0.15, -0.1) is 0 Å². The number of nitrogens with one attached hydrogen (secondary N) is 1. The van der Waals surface area contributed by atoms with E-state index in [2.05, 4.69) is 33.9 Å². The van der Waals surface area contributed by atoms with Gasteiger partial charge in [0.25, 0.3) is 0 Å². The van der Waals surface area contributed by atoms with E-state index in [0.717, 1.165) is 38.9 Å². The van der Waals surface area contributed by atoms with E-state index in [4.69, 9.17) is 23.2 Å². The fourth-order valence-corrected chi connectivity index (χ4v) is 5.01. The van der Waals surface area contributed by atoms with E-state index in [-0.39, 0.29) is 9.92 Å². The van der Waals surface area contributed by atoms with E-state index < -0.39 is 10.0 Å². The zero-order chi connectivity index (χ0) is 18.6. The standard InChI is InChI=1S/C19H22Cl2N2O2S/c20-17-7-8-18(21)19(13-17)26(24,25)22-10-3-4-11-23-12-9-15-5-1-2-6-16(15)14-23/h1-2,5-8,13,22H,3-4,9-12,14H2. The van der Waals surface area contributed by atoms with Crippen molar-refractivity contribution in [2.75, 3.05) is 19.6 Å². The lowest BCUT2D eigenvalue weighted by atomic mass is 10.00. The van der Waals surface area contributed by atoms with Crippen LogP contribution in [0.15, 0.2) is 47.4 Å². The maximum Gasteiger partial charge on any atom is 0.242 e. The summed E-state index contributed by atoms with van der Waals surface area (Å²) in [6.45, 7) is 3.38. The van der Waals surface area contributed by atoms with Crippen LogP contribution in [0.2, 0.25) is 10.0 Å². The number of benzene rings is 2. The van der Waals surface area contributed by atoms with Crippen LogP contribution < -0.4 is 4.72 Å². The van der Waals surface area contributed by atoms with E-state index in [0.29, 0.717) is 11.6 Å². The van der Waals surface area contributed by atoms with Crippen molar-refractivity contribution in [2.45, 2.75) is 30.7 Å². The van der Waals surface area contributed by atoms with E-state index in [1.165, 1.54) is 23.3 Å². The minimum Gasteiger partial charge on any atom is -0.299 e. The molecule has 1 N–H and O–H groups in total. The molecule has 7 heteroatoms. The van der Waals surface area contributed by atoms with Gasteiger partial charge in [-0.1, -0.05) is 47.5 Å². The summed E-state index contributed by atoms with van der Waals surface area (Å²) in [5, 5.41) is 0.522. The summed E-state index contributed by atoms with van der Waals surface area (Å²) in [4.78, 5) is 2.45. The Kier molecular flexibility index (Phi) is 6.59. The van der Waals surface area contributed by atoms with Crippen molar-refractivity contribution in [3.63, 3.8) is 0 Å². The maximum atomic E-state index is 12.3. The fourth-order valence-electron chi connectivity index (χ4n) is 3.17. The van der Waals surface area contributed by atoms with E-state index in [1.54, 1.807) is 6.07 Å². The molecule has 3 rings (SSSR count). The quantitative estimate of drug-likeness (QED) is 0.695. The molecule has 0 amide bonds. The van der Waals surface area contributed by atoms with Gasteiger partial charge in [-0.2, -0.15) is 0 Å². The maximum absolute atomic E-state index is 12.3. The lowest BCUT2D eigenvalue weighted by molar-refractivity contribution is 0.249. The molecule has 140 valence electrons. The van der Waals surface area contributed by atoms with E-state index in [1.807, 2.05) is 0 Å². The molecule has 2 aromatic carbocycles. The highest BCUT2D eigenvalue weighted by atomic mass is 35.5. The van der Waals surface area contributed by atoms with E-state index in [9.17, 15) is 8.42 Å². The van der Waals surface area contributed by atoms with Crippen LogP contribution in [0.1, 0.15) is 24.0 Å². The Labute approximate surface area is 165 Å². The normalized spacial score (nSPS) is 15.0. The van der Waals surface area contributed by atoms with Gasteiger partial charge < -0.3 is 0 Å². The molecule has 0 fully saturated rings. The van der Waals surface area contributed by atoms with Crippen molar-refractivity contribution < 1.29 is 8.42 Å². The number of unbranched alkanes of at least 4 members (excludes halogenated alkanes) is 1. The third kappa shape index (κ3) is 4.99. The van der Waals surface area contributed by atoms with Gasteiger partial charge in [0.15, 0.2) is 0 Å². The van der Waals surface area contributed by atoms with Crippen LogP contribution >= 0.6 is 23.2 Å². The molecule has 1 aliphatic rings. The van der Waals surface area contributed by atoms with Crippen LogP contribution in [-0.4, -0.2) is 33.0 Å². The second-order valence-electron chi connectivity index (χ2n) is 6.47. The Hall–Kier alpha value is -1.11. The van der Waals surface area contributed by atoms with E-state index >= 15 is 0 Å². The number of sulfonamides is 1. The van der Waals surface area contributed by atoms with Crippen LogP contribution in [0.25, 0.3) is 0 Å². The van der Waals surface area contributed by atoms with Crippen LogP contribution in [0.5, 0.6) is 0 Å². The highest BCUT2D eigenvalue weighted by Crippen LogP contribution is 2.24. The van der Waals surface area contributed by atoms with Gasteiger partial charge in [0.2, 0.25) is 10.0 Å². The molecule has 0 unspecified atom stereocenters. The predicted molar refractivity (Wildman–Crippen MR) is 106 cm³/mol. The largest absolute Gasteiger partial charge is 0.299 e. The first kappa shape index (κ1) is 19.6. The topological polar surface area (TPSA) is 49.4 Å². The van der Waals surface area contributed by atoms with Gasteiger partial charge in [0.1, 0.15) is 4.90 Å². The second kappa shape index (κ2) is 8.72. The molecule has 26 heavy (non-hydrogen) atoms. The van der Waals surface area contributed by atoms with Crippen molar-refractivity contribution >= 4 is 33.2 Å². The minimum absolute atomic E-state index is 0.0271. The molecule has 0 bridgehead atoms. The lowest BCUT2D eigenvalue weighted by Crippen LogP contribution is -2.32. The molecule has 0 atom stereocenters. The second-order valence-corrected chi connectivity index (χ2v) is 9.05. The lowest BCUT2D eigenvalue weighted by Gasteiger charge is -2.28. The van der Waals surface area contributed by atoms with Gasteiger partial charge in [-0.05, 0) is 55.1 Å². The summed E-state index contributed by atoms with van der Waals surface area (Å²) in [5.41, 5.74) is 2.84. The highest BCUT2D eigenvalue weighted by Gasteiger charge is 2.18. The summed E-state index contributed by atoms with van der Waals surface area (Å²) in [7, 11) is -3.64. The average Bonchev–Trinajstić information content (AvgIpc) is 2.63. The third-order valence-electron chi connectivity index (χ3n) is 4.59. The molecule has 2 aromatic rings. The Morgan fingerprint density at radius 2 is 1.81 bits per heavy atom. The van der Waals surface area contributed by atoms with Crippen molar-refractivity contribution in [2.24, 2.45) is 0 Å². The van der Waals surface area contributed by atoms with Crippen molar-refractivity contribution in [1.82, 2.24) is 9.62 Å². The first-order valence-corrected chi connectivity index (χ1v) is 10.9. The Balaban J connectivity index is 1.44. The summed E-state index contributed by atoms with van der Waals surface area (Å²) in [6.07, 6.45) is 2.79. The molecule has 0 aliphatic carbocycles. The Bertz CT molecular complexity index is 872. The molecule has 0 radical (unpaired) electrons. The Morgan fingerprint density at radius 3 is 2.62 bits per heavy atom. The SMILES string of the molecule is O=S(=O)(NCCCCN1CCc2ccccc2C1)c1cc(Cl)ccc1Cl. The van der Waals surface area contributed by atoms with Crippen LogP contribution in [-0.2, 0) is 23.0 Å². The summed E-state index contributed by atoms with van der Waals surface area (Å²) >= 11 is 11.9. The van der Waals surface area contributed by atoms with Gasteiger partial charge in [0.05, 0.1) is 5.02 Å². The number of nitrogens with zero attached hydrogens (tertiary/aromatic N) is 1. The van der Waals surface area contributed by atoms with Crippen LogP contribution in [0.4, 0.5) is 0 Å². The first-order chi connectivity index (χ1) is 12.5. The first-order valence-electron chi connectivity index (χ1n) is 8.69. The average molecular weight is 413 g/mol. The molecule has 0 saturated heterocycles. The van der Waals surface area contributed by atoms with Crippen molar-refractivity contribution in [1.29, 1.82) is 0 Å². The summed E-state index contributed by atoms with van der Waals surface area (Å²) in [6, 6.07) is 13.0. The smallest absolute Gasteiger partial charge is 0.242 e. The van der Waals surface area contributed by atoms with Crippen LogP contribution in [0, 0.1) is 0 Å². The molecule has 4 nitrogen and oxygen atoms in total. The van der Waals surface area contributed by atoms with Gasteiger partial charge in [0, 0.05) is 24.7 Å². The van der Waals surface area contributed by atoms with Crippen molar-refractivity contribution in [3.05, 3.63) is 63.6 Å². The van der Waals surface area contributed by atoms with Gasteiger partial charge in [-0.25, -0.2) is 13.1 Å². The zero-order valence-corrected chi connectivity index (χ0v) is 16.7. The number of fused-ring (bicyclic) bond motifs is 1. The zero-order valence-electron chi connectivity index (χ0n) is 14.4. The molecular formula is C19H22Cl2N2O2S. The molecule has 0 aromatic heterocycles. The summed E-state index contributed by atoms with van der Waals surface area (Å²) < 4.78 is 27.3. The number of halogens is 2. The van der Waals surface area contributed by atoms with Crippen LogP contribution in [0.3, 0.4) is 0 Å². The van der Waals surface area contributed by atoms with Gasteiger partial charge in [-0.3, -0.25) is 4.90 Å². The Morgan fingerprint density at radius 1 is 1.04 bits per heavy atom. The molecule has 0 saturated carbocycles. The fraction of sp³-hybridized carbons (Fsp3) is 0.368. The number of rotatable bonds is 7. The number of hydrogen-bond acceptors (Lipinski definition) is 3. The highest BCUT2D eigenvalue weighted by molar-refractivity contribution is 7.89. The molecule has 1 heterocycles. The monoisotopic (exact) mass is 412 g/mol. The third-order valence-corrected chi connectivity index (χ3v) is 6.76. The molecular weight excluding hydrogens is 391 g/mol. The van der Waals surface area contributed by atoms with Crippen molar-refractivity contribution in [3.8, 4) is 0 Å². The minimum atomic E-state index is -3.64. The molecule has 0 spiro atoms. The number of hydrogen-bond donors (Lipinski definition) is 1. The molecule has 1 aliphatic heterocycles. The van der Waals surface area contributed by atoms with Gasteiger partial charge >= 0.3 is 0 Å².